The molecule has 0 fully saturated rings. The van der Waals surface area contributed by atoms with E-state index >= 15 is 0 Å². The number of nitrogens with one attached hydrogen (secondary N) is 1. The minimum absolute atomic E-state index is 0.0274. The molecule has 30 heavy (non-hydrogen) atoms. The molecular formula is C18H16N6O5S. The third-order valence-electron chi connectivity index (χ3n) is 4.06. The first kappa shape index (κ1) is 20.6. The lowest BCUT2D eigenvalue weighted by Crippen LogP contribution is -2.14. The Labute approximate surface area is 171 Å². The summed E-state index contributed by atoms with van der Waals surface area (Å²) in [6.45, 7) is 0. The number of nitriles is 1. The molecule has 0 aliphatic heterocycles. The Morgan fingerprint density at radius 3 is 2.53 bits per heavy atom. The second-order valence-electron chi connectivity index (χ2n) is 5.82. The van der Waals surface area contributed by atoms with Crippen LogP contribution in [0.2, 0.25) is 0 Å². The standard InChI is InChI=1S/C18H16N6O5S/c1-28-15-7-14(21-10-22-15)23-30(26,27)13-5-3-12(4-6-13)24-9-11(8-19)16(20)17(24)18(25)29-2/h3-7,9-10H,20H2,1-2H3,(H,21,22,23). The molecule has 154 valence electrons. The Hall–Kier alpha value is -4.11. The van der Waals surface area contributed by atoms with Crippen molar-refractivity contribution in [3.05, 3.63) is 54.1 Å². The first-order valence-electron chi connectivity index (χ1n) is 8.29. The molecule has 2 heterocycles. The SMILES string of the molecule is COC(=O)c1c(N)c(C#N)cn1-c1ccc(S(=O)(=O)Nc2cc(OC)ncn2)cc1. The fourth-order valence-corrected chi connectivity index (χ4v) is 3.61. The minimum Gasteiger partial charge on any atom is -0.481 e. The smallest absolute Gasteiger partial charge is 0.357 e. The molecule has 0 aliphatic carbocycles. The number of aromatic nitrogens is 3. The van der Waals surface area contributed by atoms with Crippen molar-refractivity contribution in [3.63, 3.8) is 0 Å². The average Bonchev–Trinajstić information content (AvgIpc) is 3.09. The van der Waals surface area contributed by atoms with Crippen LogP contribution in [0, 0.1) is 11.3 Å². The van der Waals surface area contributed by atoms with Crippen LogP contribution in [0.25, 0.3) is 5.69 Å². The maximum absolute atomic E-state index is 12.6. The second-order valence-corrected chi connectivity index (χ2v) is 7.51. The number of hydrogen-bond acceptors (Lipinski definition) is 9. The molecule has 0 amide bonds. The van der Waals surface area contributed by atoms with Crippen LogP contribution < -0.4 is 15.2 Å². The van der Waals surface area contributed by atoms with Crippen molar-refractivity contribution in [3.8, 4) is 17.6 Å². The highest BCUT2D eigenvalue weighted by Gasteiger charge is 2.22. The maximum Gasteiger partial charge on any atom is 0.357 e. The van der Waals surface area contributed by atoms with Crippen LogP contribution in [0.1, 0.15) is 16.1 Å². The number of nitrogens with two attached hydrogens (primary N) is 1. The van der Waals surface area contributed by atoms with Gasteiger partial charge >= 0.3 is 5.97 Å². The van der Waals surface area contributed by atoms with Crippen molar-refractivity contribution in [2.45, 2.75) is 4.90 Å². The topological polar surface area (TPSA) is 162 Å². The van der Waals surface area contributed by atoms with Gasteiger partial charge in [0.05, 0.1) is 30.4 Å². The van der Waals surface area contributed by atoms with Gasteiger partial charge in [0.15, 0.2) is 5.69 Å². The van der Waals surface area contributed by atoms with Crippen LogP contribution in [0.5, 0.6) is 5.88 Å². The van der Waals surface area contributed by atoms with Gasteiger partial charge in [-0.25, -0.2) is 23.2 Å². The molecule has 3 rings (SSSR count). The summed E-state index contributed by atoms with van der Waals surface area (Å²) in [6.07, 6.45) is 2.54. The summed E-state index contributed by atoms with van der Waals surface area (Å²) in [5, 5.41) is 9.18. The van der Waals surface area contributed by atoms with E-state index in [0.29, 0.717) is 5.69 Å². The molecule has 3 aromatic rings. The molecule has 0 saturated carbocycles. The third-order valence-corrected chi connectivity index (χ3v) is 5.43. The summed E-state index contributed by atoms with van der Waals surface area (Å²) in [6, 6.07) is 8.82. The number of nitrogen functional groups attached to an aromatic ring is 1. The van der Waals surface area contributed by atoms with Crippen LogP contribution in [-0.2, 0) is 14.8 Å². The number of anilines is 2. The summed E-state index contributed by atoms with van der Waals surface area (Å²) in [4.78, 5) is 19.7. The molecule has 0 spiro atoms. The number of hydrogen-bond donors (Lipinski definition) is 2. The quantitative estimate of drug-likeness (QED) is 0.551. The van der Waals surface area contributed by atoms with Gasteiger partial charge in [-0.05, 0) is 24.3 Å². The lowest BCUT2D eigenvalue weighted by atomic mass is 10.2. The van der Waals surface area contributed by atoms with Crippen LogP contribution in [0.15, 0.2) is 47.8 Å². The number of rotatable bonds is 6. The van der Waals surface area contributed by atoms with E-state index in [2.05, 4.69) is 14.7 Å². The highest BCUT2D eigenvalue weighted by atomic mass is 32.2. The molecule has 12 heteroatoms. The van der Waals surface area contributed by atoms with E-state index in [1.165, 1.54) is 55.3 Å². The number of nitrogens with zero attached hydrogens (tertiary/aromatic N) is 4. The Balaban J connectivity index is 1.95. The van der Waals surface area contributed by atoms with Gasteiger partial charge in [-0.1, -0.05) is 0 Å². The fraction of sp³-hybridized carbons (Fsp3) is 0.111. The molecule has 11 nitrogen and oxygen atoms in total. The van der Waals surface area contributed by atoms with Crippen molar-refractivity contribution < 1.29 is 22.7 Å². The van der Waals surface area contributed by atoms with E-state index < -0.39 is 16.0 Å². The Bertz CT molecular complexity index is 1250. The van der Waals surface area contributed by atoms with Crippen molar-refractivity contribution in [1.29, 1.82) is 5.26 Å². The molecule has 3 N–H and O–H groups in total. The van der Waals surface area contributed by atoms with Crippen molar-refractivity contribution in [2.75, 3.05) is 24.7 Å². The Kier molecular flexibility index (Phi) is 5.56. The highest BCUT2D eigenvalue weighted by Crippen LogP contribution is 2.26. The zero-order valence-electron chi connectivity index (χ0n) is 15.9. The number of benzene rings is 1. The summed E-state index contributed by atoms with van der Waals surface area (Å²) in [5.41, 5.74) is 6.30. The van der Waals surface area contributed by atoms with Gasteiger partial charge in [0, 0.05) is 18.0 Å². The number of sulfonamides is 1. The number of carbonyl (C=O) groups excluding carboxylic acids is 1. The lowest BCUT2D eigenvalue weighted by molar-refractivity contribution is 0.0593. The molecule has 0 saturated heterocycles. The largest absolute Gasteiger partial charge is 0.481 e. The van der Waals surface area contributed by atoms with Crippen LogP contribution in [-0.4, -0.2) is 43.1 Å². The monoisotopic (exact) mass is 428 g/mol. The molecule has 0 bridgehead atoms. The minimum atomic E-state index is -3.95. The summed E-state index contributed by atoms with van der Waals surface area (Å²) in [5.74, 6) is -0.493. The molecule has 0 aliphatic rings. The molecule has 2 aromatic heterocycles. The van der Waals surface area contributed by atoms with E-state index in [1.807, 2.05) is 6.07 Å². The second kappa shape index (κ2) is 8.10. The molecule has 0 unspecified atom stereocenters. The zero-order chi connectivity index (χ0) is 21.9. The van der Waals surface area contributed by atoms with E-state index in [9.17, 15) is 18.5 Å². The van der Waals surface area contributed by atoms with Crippen LogP contribution in [0.4, 0.5) is 11.5 Å². The Morgan fingerprint density at radius 1 is 1.23 bits per heavy atom. The predicted octanol–water partition coefficient (Wildman–Crippen LogP) is 1.32. The van der Waals surface area contributed by atoms with Gasteiger partial charge in [-0.2, -0.15) is 5.26 Å². The van der Waals surface area contributed by atoms with Crippen LogP contribution >= 0.6 is 0 Å². The first-order chi connectivity index (χ1) is 14.3. The molecule has 0 radical (unpaired) electrons. The van der Waals surface area contributed by atoms with Crippen molar-refractivity contribution in [1.82, 2.24) is 14.5 Å². The summed E-state index contributed by atoms with van der Waals surface area (Å²) >= 11 is 0. The van der Waals surface area contributed by atoms with Gasteiger partial charge in [-0.3, -0.25) is 4.72 Å². The van der Waals surface area contributed by atoms with Gasteiger partial charge < -0.3 is 19.8 Å². The normalized spacial score (nSPS) is 10.8. The number of methoxy groups -OCH3 is 2. The molecule has 1 aromatic carbocycles. The highest BCUT2D eigenvalue weighted by molar-refractivity contribution is 7.92. The summed E-state index contributed by atoms with van der Waals surface area (Å²) in [7, 11) is -1.36. The van der Waals surface area contributed by atoms with Crippen molar-refractivity contribution >= 4 is 27.5 Å². The van der Waals surface area contributed by atoms with E-state index in [0.717, 1.165) is 6.33 Å². The lowest BCUT2D eigenvalue weighted by Gasteiger charge is -2.11. The molecule has 0 atom stereocenters. The third kappa shape index (κ3) is 3.87. The van der Waals surface area contributed by atoms with Gasteiger partial charge in [0.2, 0.25) is 5.88 Å². The van der Waals surface area contributed by atoms with E-state index in [4.69, 9.17) is 15.2 Å². The van der Waals surface area contributed by atoms with Gasteiger partial charge in [0.1, 0.15) is 18.2 Å². The van der Waals surface area contributed by atoms with E-state index in [1.54, 1.807) is 0 Å². The number of esters is 1. The molecular weight excluding hydrogens is 412 g/mol. The number of carbonyl (C=O) groups is 1. The van der Waals surface area contributed by atoms with E-state index in [-0.39, 0.29) is 33.5 Å². The van der Waals surface area contributed by atoms with Crippen molar-refractivity contribution in [2.24, 2.45) is 0 Å². The van der Waals surface area contributed by atoms with Crippen LogP contribution in [0.3, 0.4) is 0 Å². The van der Waals surface area contributed by atoms with Gasteiger partial charge in [-0.15, -0.1) is 0 Å². The Morgan fingerprint density at radius 2 is 1.93 bits per heavy atom. The summed E-state index contributed by atoms with van der Waals surface area (Å²) < 4.78 is 38.6. The maximum atomic E-state index is 12.6. The van der Waals surface area contributed by atoms with Gasteiger partial charge in [0.25, 0.3) is 10.0 Å². The fourth-order valence-electron chi connectivity index (χ4n) is 2.61. The number of ether oxygens (including phenoxy) is 2. The zero-order valence-corrected chi connectivity index (χ0v) is 16.7. The first-order valence-corrected chi connectivity index (χ1v) is 9.77. The average molecular weight is 428 g/mol. The predicted molar refractivity (Wildman–Crippen MR) is 106 cm³/mol.